The van der Waals surface area contributed by atoms with Gasteiger partial charge >= 0.3 is 0 Å². The van der Waals surface area contributed by atoms with Gasteiger partial charge in [0.05, 0.1) is 22.7 Å². The van der Waals surface area contributed by atoms with Crippen LogP contribution in [0.1, 0.15) is 60.3 Å². The highest BCUT2D eigenvalue weighted by Crippen LogP contribution is 2.40. The smallest absolute Gasteiger partial charge is 0.259 e. The molecule has 2 fully saturated rings. The van der Waals surface area contributed by atoms with Crippen molar-refractivity contribution < 1.29 is 14.1 Å². The molecule has 1 saturated heterocycles. The molecule has 1 atom stereocenters. The number of nitrogens with zero attached hydrogens (tertiary/aromatic N) is 3. The van der Waals surface area contributed by atoms with Gasteiger partial charge in [-0.3, -0.25) is 4.79 Å². The molecule has 1 saturated carbocycles. The molecule has 1 amide bonds. The van der Waals surface area contributed by atoms with Crippen molar-refractivity contribution in [3.05, 3.63) is 23.0 Å². The highest BCUT2D eigenvalue weighted by molar-refractivity contribution is 6.06. The van der Waals surface area contributed by atoms with Crippen molar-refractivity contribution in [2.75, 3.05) is 19.7 Å². The molecular formula is C18H23N3O3. The second-order valence-corrected chi connectivity index (χ2v) is 6.80. The molecule has 4 rings (SSSR count). The monoisotopic (exact) mass is 329 g/mol. The van der Waals surface area contributed by atoms with Crippen LogP contribution >= 0.6 is 0 Å². The third-order valence-electron chi connectivity index (χ3n) is 4.98. The molecule has 2 aromatic rings. The maximum absolute atomic E-state index is 13.2. The first-order chi connectivity index (χ1) is 11.7. The Morgan fingerprint density at radius 1 is 1.38 bits per heavy atom. The number of fused-ring (bicyclic) bond motifs is 1. The van der Waals surface area contributed by atoms with Crippen LogP contribution in [0.2, 0.25) is 0 Å². The quantitative estimate of drug-likeness (QED) is 0.843. The molecule has 0 radical (unpaired) electrons. The lowest BCUT2D eigenvalue weighted by atomic mass is 10.1. The molecule has 0 aromatic carbocycles. The number of pyridine rings is 1. The number of carbonyl (C=O) groups is 1. The maximum Gasteiger partial charge on any atom is 0.259 e. The summed E-state index contributed by atoms with van der Waals surface area (Å²) in [5, 5.41) is 4.76. The first-order valence-electron chi connectivity index (χ1n) is 8.85. The zero-order valence-electron chi connectivity index (χ0n) is 14.2. The number of amides is 1. The predicted molar refractivity (Wildman–Crippen MR) is 89.1 cm³/mol. The normalized spacial score (nSPS) is 20.7. The highest BCUT2D eigenvalue weighted by atomic mass is 16.5. The molecule has 128 valence electrons. The number of carbonyl (C=O) groups excluding carboxylic acids is 1. The Labute approximate surface area is 141 Å². The first-order valence-corrected chi connectivity index (χ1v) is 8.85. The second-order valence-electron chi connectivity index (χ2n) is 6.80. The number of ether oxygens (including phenoxy) is 1. The minimum Gasteiger partial charge on any atom is -0.376 e. The van der Waals surface area contributed by atoms with Crippen LogP contribution in [-0.4, -0.2) is 46.7 Å². The van der Waals surface area contributed by atoms with Crippen LogP contribution in [-0.2, 0) is 4.74 Å². The molecular weight excluding hydrogens is 306 g/mol. The van der Waals surface area contributed by atoms with Gasteiger partial charge in [-0.05, 0) is 45.6 Å². The van der Waals surface area contributed by atoms with Gasteiger partial charge in [-0.1, -0.05) is 5.16 Å². The lowest BCUT2D eigenvalue weighted by Crippen LogP contribution is -2.37. The summed E-state index contributed by atoms with van der Waals surface area (Å²) >= 11 is 0. The summed E-state index contributed by atoms with van der Waals surface area (Å²) < 4.78 is 11.1. The van der Waals surface area contributed by atoms with E-state index in [-0.39, 0.29) is 12.0 Å². The van der Waals surface area contributed by atoms with E-state index in [1.54, 1.807) is 0 Å². The molecule has 0 spiro atoms. The molecule has 1 aliphatic carbocycles. The Morgan fingerprint density at radius 2 is 2.21 bits per heavy atom. The van der Waals surface area contributed by atoms with Crippen LogP contribution < -0.4 is 0 Å². The van der Waals surface area contributed by atoms with Crippen LogP contribution in [0.25, 0.3) is 11.1 Å². The Kier molecular flexibility index (Phi) is 4.00. The molecule has 24 heavy (non-hydrogen) atoms. The Morgan fingerprint density at radius 3 is 2.88 bits per heavy atom. The van der Waals surface area contributed by atoms with Gasteiger partial charge in [0, 0.05) is 31.3 Å². The topological polar surface area (TPSA) is 68.5 Å². The number of aryl methyl sites for hydroxylation is 1. The summed E-state index contributed by atoms with van der Waals surface area (Å²) in [6.07, 6.45) is 4.51. The average molecular weight is 329 g/mol. The fourth-order valence-corrected chi connectivity index (χ4v) is 3.43. The van der Waals surface area contributed by atoms with Crippen LogP contribution in [0.4, 0.5) is 0 Å². The van der Waals surface area contributed by atoms with Gasteiger partial charge in [-0.25, -0.2) is 4.98 Å². The lowest BCUT2D eigenvalue weighted by molar-refractivity contribution is 0.0540. The van der Waals surface area contributed by atoms with Gasteiger partial charge in [-0.2, -0.15) is 0 Å². The van der Waals surface area contributed by atoms with Gasteiger partial charge < -0.3 is 14.2 Å². The van der Waals surface area contributed by atoms with E-state index in [9.17, 15) is 4.79 Å². The number of aromatic nitrogens is 2. The summed E-state index contributed by atoms with van der Waals surface area (Å²) in [6.45, 7) is 5.96. The molecule has 6 nitrogen and oxygen atoms in total. The summed E-state index contributed by atoms with van der Waals surface area (Å²) in [5.74, 6) is 0.480. The van der Waals surface area contributed by atoms with Gasteiger partial charge in [0.1, 0.15) is 0 Å². The largest absolute Gasteiger partial charge is 0.376 e. The van der Waals surface area contributed by atoms with Crippen molar-refractivity contribution in [1.82, 2.24) is 15.0 Å². The van der Waals surface area contributed by atoms with E-state index >= 15 is 0 Å². The molecule has 0 bridgehead atoms. The maximum atomic E-state index is 13.2. The van der Waals surface area contributed by atoms with Gasteiger partial charge in [0.15, 0.2) is 0 Å². The molecule has 3 heterocycles. The van der Waals surface area contributed by atoms with Crippen LogP contribution in [0.5, 0.6) is 0 Å². The van der Waals surface area contributed by atoms with E-state index in [2.05, 4.69) is 10.1 Å². The van der Waals surface area contributed by atoms with E-state index in [0.717, 1.165) is 49.1 Å². The van der Waals surface area contributed by atoms with Gasteiger partial charge in [0.25, 0.3) is 11.6 Å². The van der Waals surface area contributed by atoms with Gasteiger partial charge in [-0.15, -0.1) is 0 Å². The fraction of sp³-hybridized carbons (Fsp3) is 0.611. The zero-order chi connectivity index (χ0) is 16.7. The van der Waals surface area contributed by atoms with E-state index < -0.39 is 0 Å². The third kappa shape index (κ3) is 2.79. The van der Waals surface area contributed by atoms with E-state index in [1.807, 2.05) is 24.8 Å². The molecule has 2 aliphatic rings. The van der Waals surface area contributed by atoms with Crippen LogP contribution in [0.15, 0.2) is 10.6 Å². The predicted octanol–water partition coefficient (Wildman–Crippen LogP) is 3.05. The van der Waals surface area contributed by atoms with Crippen molar-refractivity contribution in [3.63, 3.8) is 0 Å². The second kappa shape index (κ2) is 6.16. The number of hydrogen-bond donors (Lipinski definition) is 0. The zero-order valence-corrected chi connectivity index (χ0v) is 14.2. The Bertz CT molecular complexity index is 760. The standard InChI is InChI=1S/C18H23N3O3/c1-3-21(10-13-5-4-8-23-13)18(22)14-9-15(12-6-7-12)19-17-16(14)11(2)20-24-17/h9,12-13H,3-8,10H2,1-2H3. The number of likely N-dealkylation sites (N-methyl/N-ethyl adjacent to an activating group) is 1. The Balaban J connectivity index is 1.69. The fourth-order valence-electron chi connectivity index (χ4n) is 3.43. The van der Waals surface area contributed by atoms with Crippen molar-refractivity contribution in [3.8, 4) is 0 Å². The molecule has 0 N–H and O–H groups in total. The summed E-state index contributed by atoms with van der Waals surface area (Å²) in [7, 11) is 0. The lowest BCUT2D eigenvalue weighted by Gasteiger charge is -2.24. The van der Waals surface area contributed by atoms with Crippen molar-refractivity contribution in [2.24, 2.45) is 0 Å². The van der Waals surface area contributed by atoms with Crippen molar-refractivity contribution in [2.45, 2.75) is 51.6 Å². The van der Waals surface area contributed by atoms with Crippen molar-refractivity contribution in [1.29, 1.82) is 0 Å². The van der Waals surface area contributed by atoms with Crippen LogP contribution in [0.3, 0.4) is 0 Å². The summed E-state index contributed by atoms with van der Waals surface area (Å²) in [5.41, 5.74) is 2.82. The number of hydrogen-bond acceptors (Lipinski definition) is 5. The molecule has 6 heteroatoms. The molecule has 1 aliphatic heterocycles. The molecule has 1 unspecified atom stereocenters. The minimum atomic E-state index is 0.0219. The SMILES string of the molecule is CCN(CC1CCCO1)C(=O)c1cc(C2CC2)nc2onc(C)c12. The van der Waals surface area contributed by atoms with Gasteiger partial charge in [0.2, 0.25) is 0 Å². The first kappa shape index (κ1) is 15.6. The summed E-state index contributed by atoms with van der Waals surface area (Å²) in [6, 6.07) is 1.95. The van der Waals surface area contributed by atoms with Crippen LogP contribution in [0, 0.1) is 6.92 Å². The summed E-state index contributed by atoms with van der Waals surface area (Å²) in [4.78, 5) is 19.6. The number of rotatable bonds is 5. The Hall–Kier alpha value is -1.95. The average Bonchev–Trinajstić information content (AvgIpc) is 3.20. The van der Waals surface area contributed by atoms with E-state index in [4.69, 9.17) is 9.26 Å². The van der Waals surface area contributed by atoms with E-state index in [1.165, 1.54) is 0 Å². The minimum absolute atomic E-state index is 0.0219. The highest BCUT2D eigenvalue weighted by Gasteiger charge is 2.30. The van der Waals surface area contributed by atoms with Crippen molar-refractivity contribution >= 4 is 17.0 Å². The third-order valence-corrected chi connectivity index (χ3v) is 4.98. The van der Waals surface area contributed by atoms with E-state index in [0.29, 0.717) is 30.3 Å². The molecule has 2 aromatic heterocycles.